The molecule has 1 aliphatic heterocycles. The van der Waals surface area contributed by atoms with E-state index in [2.05, 4.69) is 13.2 Å². The number of rotatable bonds is 3. The van der Waals surface area contributed by atoms with Crippen molar-refractivity contribution in [3.05, 3.63) is 24.3 Å². The normalized spacial score (nSPS) is 41.7. The number of fused-ring (bicyclic) bond motifs is 3. The van der Waals surface area contributed by atoms with Crippen molar-refractivity contribution in [1.29, 1.82) is 0 Å². The van der Waals surface area contributed by atoms with E-state index in [-0.39, 0.29) is 17.8 Å². The maximum Gasteiger partial charge on any atom is 0.340 e. The van der Waals surface area contributed by atoms with Crippen LogP contribution in [0.1, 0.15) is 26.7 Å². The molecule has 1 unspecified atom stereocenters. The lowest BCUT2D eigenvalue weighted by atomic mass is 9.79. The first-order chi connectivity index (χ1) is 12.1. The number of ether oxygens (including phenoxy) is 2. The average Bonchev–Trinajstić information content (AvgIpc) is 2.99. The summed E-state index contributed by atoms with van der Waals surface area (Å²) >= 11 is 0. The van der Waals surface area contributed by atoms with Crippen molar-refractivity contribution < 1.29 is 34.4 Å². The van der Waals surface area contributed by atoms with Gasteiger partial charge >= 0.3 is 11.9 Å². The molecule has 3 fully saturated rings. The Bertz CT molecular complexity index is 652. The zero-order valence-corrected chi connectivity index (χ0v) is 15.1. The third-order valence-electron chi connectivity index (χ3n) is 6.12. The van der Waals surface area contributed by atoms with Crippen LogP contribution < -0.4 is 0 Å². The number of hydrogen-bond acceptors (Lipinski definition) is 7. The van der Waals surface area contributed by atoms with Crippen LogP contribution in [-0.4, -0.2) is 57.8 Å². The third-order valence-corrected chi connectivity index (χ3v) is 6.12. The van der Waals surface area contributed by atoms with E-state index in [1.165, 1.54) is 6.92 Å². The van der Waals surface area contributed by atoms with Crippen LogP contribution in [0.3, 0.4) is 0 Å². The summed E-state index contributed by atoms with van der Waals surface area (Å²) in [5.41, 5.74) is -0.611. The summed E-state index contributed by atoms with van der Waals surface area (Å²) in [5.74, 6) is -2.64. The Hall–Kier alpha value is -1.70. The van der Waals surface area contributed by atoms with E-state index in [4.69, 9.17) is 9.47 Å². The molecule has 3 rings (SSSR count). The van der Waals surface area contributed by atoms with Gasteiger partial charge in [0.15, 0.2) is 5.60 Å². The van der Waals surface area contributed by atoms with Gasteiger partial charge in [0.2, 0.25) is 0 Å². The first kappa shape index (κ1) is 19.1. The van der Waals surface area contributed by atoms with Gasteiger partial charge in [0.1, 0.15) is 12.2 Å². The van der Waals surface area contributed by atoms with Gasteiger partial charge in [-0.3, -0.25) is 4.79 Å². The van der Waals surface area contributed by atoms with Gasteiger partial charge in [-0.2, -0.15) is 0 Å². The molecule has 0 radical (unpaired) electrons. The quantitative estimate of drug-likeness (QED) is 0.487. The molecule has 144 valence electrons. The van der Waals surface area contributed by atoms with Gasteiger partial charge < -0.3 is 24.8 Å². The van der Waals surface area contributed by atoms with Crippen LogP contribution in [0.15, 0.2) is 24.3 Å². The highest BCUT2D eigenvalue weighted by Gasteiger charge is 2.58. The van der Waals surface area contributed by atoms with Crippen LogP contribution in [0.5, 0.6) is 0 Å². The van der Waals surface area contributed by atoms with E-state index in [0.29, 0.717) is 18.4 Å². The number of aliphatic hydroxyl groups excluding tert-OH is 2. The molecule has 0 amide bonds. The second-order valence-electron chi connectivity index (χ2n) is 7.96. The molecule has 1 saturated heterocycles. The molecule has 7 nitrogen and oxygen atoms in total. The van der Waals surface area contributed by atoms with Gasteiger partial charge in [-0.05, 0) is 24.8 Å². The van der Waals surface area contributed by atoms with Crippen LogP contribution in [0.2, 0.25) is 0 Å². The smallest absolute Gasteiger partial charge is 0.340 e. The fourth-order valence-corrected chi connectivity index (χ4v) is 4.48. The second kappa shape index (κ2) is 6.48. The number of hydrogen-bond donors (Lipinski definition) is 3. The summed E-state index contributed by atoms with van der Waals surface area (Å²) in [7, 11) is 0. The van der Waals surface area contributed by atoms with Crippen LogP contribution in [0.4, 0.5) is 0 Å². The van der Waals surface area contributed by atoms with Crippen molar-refractivity contribution in [1.82, 2.24) is 0 Å². The molecule has 3 aliphatic rings. The summed E-state index contributed by atoms with van der Waals surface area (Å²) in [6.07, 6.45) is -1.20. The van der Waals surface area contributed by atoms with Gasteiger partial charge in [0, 0.05) is 18.3 Å². The highest BCUT2D eigenvalue weighted by atomic mass is 16.6. The number of aliphatic hydroxyl groups is 3. The molecule has 8 atom stereocenters. The first-order valence-electron chi connectivity index (χ1n) is 8.87. The van der Waals surface area contributed by atoms with E-state index in [1.54, 1.807) is 6.92 Å². The molecule has 0 aromatic carbocycles. The monoisotopic (exact) mass is 366 g/mol. The predicted octanol–water partition coefficient (Wildman–Crippen LogP) is 0.332. The average molecular weight is 366 g/mol. The van der Waals surface area contributed by atoms with Gasteiger partial charge in [0.05, 0.1) is 18.6 Å². The van der Waals surface area contributed by atoms with E-state index >= 15 is 0 Å². The van der Waals surface area contributed by atoms with Crippen molar-refractivity contribution in [3.63, 3.8) is 0 Å². The Morgan fingerprint density at radius 2 is 2.08 bits per heavy atom. The minimum absolute atomic E-state index is 0.106. The Morgan fingerprint density at radius 1 is 1.42 bits per heavy atom. The molecule has 7 heteroatoms. The third kappa shape index (κ3) is 2.88. The predicted molar refractivity (Wildman–Crippen MR) is 90.6 cm³/mol. The summed E-state index contributed by atoms with van der Waals surface area (Å²) in [6.45, 7) is 10.2. The largest absolute Gasteiger partial charge is 0.461 e. The fraction of sp³-hybridized carbons (Fsp3) is 0.684. The van der Waals surface area contributed by atoms with Crippen molar-refractivity contribution in [2.75, 3.05) is 6.61 Å². The van der Waals surface area contributed by atoms with Gasteiger partial charge in [0.25, 0.3) is 0 Å². The number of carbonyl (C=O) groups excluding carboxylic acids is 2. The van der Waals surface area contributed by atoms with Gasteiger partial charge in [-0.1, -0.05) is 25.7 Å². The lowest BCUT2D eigenvalue weighted by Crippen LogP contribution is -2.45. The van der Waals surface area contributed by atoms with Gasteiger partial charge in [-0.15, -0.1) is 0 Å². The Morgan fingerprint density at radius 3 is 2.69 bits per heavy atom. The molecular formula is C19H26O7. The minimum atomic E-state index is -2.02. The van der Waals surface area contributed by atoms with Crippen LogP contribution >= 0.6 is 0 Å². The van der Waals surface area contributed by atoms with E-state index in [0.717, 1.165) is 5.57 Å². The highest BCUT2D eigenvalue weighted by molar-refractivity contribution is 5.79. The molecule has 0 aromatic rings. The zero-order chi connectivity index (χ0) is 19.4. The van der Waals surface area contributed by atoms with Crippen LogP contribution in [-0.2, 0) is 19.1 Å². The summed E-state index contributed by atoms with van der Waals surface area (Å²) in [5, 5.41) is 29.4. The zero-order valence-electron chi connectivity index (χ0n) is 15.1. The Labute approximate surface area is 152 Å². The Balaban J connectivity index is 1.95. The maximum atomic E-state index is 12.3. The van der Waals surface area contributed by atoms with Crippen molar-refractivity contribution >= 4 is 11.9 Å². The van der Waals surface area contributed by atoms with Crippen LogP contribution in [0, 0.1) is 23.7 Å². The molecule has 1 heterocycles. The summed E-state index contributed by atoms with van der Waals surface area (Å²) in [4.78, 5) is 24.5. The van der Waals surface area contributed by atoms with E-state index < -0.39 is 48.3 Å². The molecule has 2 aliphatic carbocycles. The molecule has 2 saturated carbocycles. The summed E-state index contributed by atoms with van der Waals surface area (Å²) in [6, 6.07) is 0. The SMILES string of the molecule is C=C1[C@@H]2[C@H]3OC(=O)[C@H](C)[C@@H]3[C@@H](OC(=O)C(C)(O)CO)CC(=C)[C@@H]2C[C@@H]1O. The molecule has 0 spiro atoms. The van der Waals surface area contributed by atoms with Crippen molar-refractivity contribution in [3.8, 4) is 0 Å². The fourth-order valence-electron chi connectivity index (χ4n) is 4.48. The molecule has 0 aromatic heterocycles. The van der Waals surface area contributed by atoms with Crippen molar-refractivity contribution in [2.24, 2.45) is 23.7 Å². The van der Waals surface area contributed by atoms with Crippen LogP contribution in [0.25, 0.3) is 0 Å². The molecular weight excluding hydrogens is 340 g/mol. The lowest BCUT2D eigenvalue weighted by molar-refractivity contribution is -0.177. The second-order valence-corrected chi connectivity index (χ2v) is 7.96. The number of esters is 2. The maximum absolute atomic E-state index is 12.3. The molecule has 0 bridgehead atoms. The lowest BCUT2D eigenvalue weighted by Gasteiger charge is -2.31. The highest BCUT2D eigenvalue weighted by Crippen LogP contribution is 2.52. The minimum Gasteiger partial charge on any atom is -0.461 e. The molecule has 3 N–H and O–H groups in total. The molecule has 26 heavy (non-hydrogen) atoms. The van der Waals surface area contributed by atoms with Gasteiger partial charge in [-0.25, -0.2) is 4.79 Å². The van der Waals surface area contributed by atoms with E-state index in [1.807, 2.05) is 0 Å². The van der Waals surface area contributed by atoms with Crippen molar-refractivity contribution in [2.45, 2.75) is 50.6 Å². The first-order valence-corrected chi connectivity index (χ1v) is 8.87. The standard InChI is InChI=1S/C19H26O7/c1-8-5-13(25-18(23)19(4,24)7-20)15-10(3)17(22)26-16(15)14-9(2)12(21)6-11(8)14/h10-16,20-21,24H,1-2,5-7H2,3-4H3/t10-,11+,12+,13+,14+,15-,16-,19?/m1/s1. The summed E-state index contributed by atoms with van der Waals surface area (Å²) < 4.78 is 11.1. The number of carbonyl (C=O) groups is 2. The Kier molecular flexibility index (Phi) is 4.75. The van der Waals surface area contributed by atoms with E-state index in [9.17, 15) is 24.9 Å². The topological polar surface area (TPSA) is 113 Å².